The molecule has 7 heteroatoms. The van der Waals surface area contributed by atoms with Gasteiger partial charge in [-0.25, -0.2) is 0 Å². The van der Waals surface area contributed by atoms with E-state index in [1.54, 1.807) is 0 Å². The fourth-order valence-corrected chi connectivity index (χ4v) is 2.25. The molecule has 0 radical (unpaired) electrons. The summed E-state index contributed by atoms with van der Waals surface area (Å²) in [6.07, 6.45) is 0. The minimum absolute atomic E-state index is 0.115. The van der Waals surface area contributed by atoms with Gasteiger partial charge in [-0.3, -0.25) is 14.9 Å². The van der Waals surface area contributed by atoms with Crippen molar-refractivity contribution in [2.75, 3.05) is 5.73 Å². The zero-order chi connectivity index (χ0) is 13.8. The molecular formula is C12H11N3O3S. The number of nitro groups is 1. The van der Waals surface area contributed by atoms with Crippen LogP contribution in [0, 0.1) is 10.1 Å². The van der Waals surface area contributed by atoms with E-state index in [1.807, 2.05) is 16.8 Å². The number of nitrogens with two attached hydrogens (primary N) is 1. The molecule has 0 bridgehead atoms. The molecule has 0 unspecified atom stereocenters. The summed E-state index contributed by atoms with van der Waals surface area (Å²) in [5.41, 5.74) is 6.35. The van der Waals surface area contributed by atoms with Gasteiger partial charge in [0.1, 0.15) is 5.69 Å². The van der Waals surface area contributed by atoms with E-state index in [2.05, 4.69) is 5.32 Å². The molecular weight excluding hydrogens is 266 g/mol. The summed E-state index contributed by atoms with van der Waals surface area (Å²) < 4.78 is 0. The first kappa shape index (κ1) is 13.0. The molecule has 1 amide bonds. The van der Waals surface area contributed by atoms with Gasteiger partial charge in [-0.15, -0.1) is 0 Å². The molecule has 19 heavy (non-hydrogen) atoms. The molecule has 1 aromatic heterocycles. The van der Waals surface area contributed by atoms with Crippen LogP contribution in [0.2, 0.25) is 0 Å². The second-order valence-electron chi connectivity index (χ2n) is 3.81. The van der Waals surface area contributed by atoms with E-state index < -0.39 is 10.8 Å². The second kappa shape index (κ2) is 5.49. The maximum Gasteiger partial charge on any atom is 0.292 e. The van der Waals surface area contributed by atoms with Crippen LogP contribution in [0.5, 0.6) is 0 Å². The van der Waals surface area contributed by atoms with Crippen molar-refractivity contribution in [3.63, 3.8) is 0 Å². The molecule has 1 heterocycles. The van der Waals surface area contributed by atoms with Crippen LogP contribution in [0.1, 0.15) is 15.9 Å². The fourth-order valence-electron chi connectivity index (χ4n) is 1.58. The van der Waals surface area contributed by atoms with Crippen molar-refractivity contribution >= 4 is 28.6 Å². The van der Waals surface area contributed by atoms with Crippen LogP contribution in [0.3, 0.4) is 0 Å². The summed E-state index contributed by atoms with van der Waals surface area (Å²) in [6.45, 7) is 0.366. The zero-order valence-electron chi connectivity index (χ0n) is 9.83. The number of amides is 1. The SMILES string of the molecule is Nc1c(C(=O)NCc2ccsc2)cccc1[N+](=O)[O-]. The van der Waals surface area contributed by atoms with Crippen molar-refractivity contribution in [1.29, 1.82) is 0 Å². The van der Waals surface area contributed by atoms with Gasteiger partial charge in [0.05, 0.1) is 10.5 Å². The molecule has 0 aliphatic carbocycles. The first-order valence-electron chi connectivity index (χ1n) is 5.41. The Balaban J connectivity index is 2.15. The number of benzene rings is 1. The quantitative estimate of drug-likeness (QED) is 0.508. The van der Waals surface area contributed by atoms with Crippen LogP contribution >= 0.6 is 11.3 Å². The van der Waals surface area contributed by atoms with Crippen molar-refractivity contribution in [2.45, 2.75) is 6.54 Å². The Hall–Kier alpha value is -2.41. The largest absolute Gasteiger partial charge is 0.393 e. The molecule has 98 valence electrons. The number of nitrogen functional groups attached to an aromatic ring is 1. The lowest BCUT2D eigenvalue weighted by atomic mass is 10.1. The van der Waals surface area contributed by atoms with Gasteiger partial charge in [-0.05, 0) is 28.5 Å². The minimum Gasteiger partial charge on any atom is -0.393 e. The Morgan fingerprint density at radius 1 is 1.42 bits per heavy atom. The number of rotatable bonds is 4. The standard InChI is InChI=1S/C12H11N3O3S/c13-11-9(2-1-3-10(11)15(17)18)12(16)14-6-8-4-5-19-7-8/h1-5,7H,6,13H2,(H,14,16). The molecule has 0 aliphatic heterocycles. The van der Waals surface area contributed by atoms with Gasteiger partial charge in [-0.2, -0.15) is 11.3 Å². The summed E-state index contributed by atoms with van der Waals surface area (Å²) in [5, 5.41) is 17.2. The predicted molar refractivity (Wildman–Crippen MR) is 73.0 cm³/mol. The fraction of sp³-hybridized carbons (Fsp3) is 0.0833. The number of hydrogen-bond acceptors (Lipinski definition) is 5. The van der Waals surface area contributed by atoms with E-state index in [4.69, 9.17) is 5.73 Å². The van der Waals surface area contributed by atoms with Crippen LogP contribution in [0.4, 0.5) is 11.4 Å². The van der Waals surface area contributed by atoms with Crippen molar-refractivity contribution in [3.05, 3.63) is 56.3 Å². The Morgan fingerprint density at radius 2 is 2.21 bits per heavy atom. The molecule has 3 N–H and O–H groups in total. The van der Waals surface area contributed by atoms with Gasteiger partial charge in [0.15, 0.2) is 0 Å². The topological polar surface area (TPSA) is 98.3 Å². The lowest BCUT2D eigenvalue weighted by Crippen LogP contribution is -2.23. The number of para-hydroxylation sites is 1. The average molecular weight is 277 g/mol. The third-order valence-electron chi connectivity index (χ3n) is 2.56. The van der Waals surface area contributed by atoms with E-state index in [0.717, 1.165) is 5.56 Å². The molecule has 2 rings (SSSR count). The first-order valence-corrected chi connectivity index (χ1v) is 6.36. The predicted octanol–water partition coefficient (Wildman–Crippen LogP) is 2.17. The number of thiophene rings is 1. The maximum absolute atomic E-state index is 11.9. The Kier molecular flexibility index (Phi) is 3.76. The first-order chi connectivity index (χ1) is 9.09. The maximum atomic E-state index is 11.9. The lowest BCUT2D eigenvalue weighted by Gasteiger charge is -2.06. The van der Waals surface area contributed by atoms with Crippen molar-refractivity contribution in [1.82, 2.24) is 5.32 Å². The second-order valence-corrected chi connectivity index (χ2v) is 4.59. The van der Waals surface area contributed by atoms with Gasteiger partial charge >= 0.3 is 0 Å². The Labute approximate surface area is 113 Å². The van der Waals surface area contributed by atoms with E-state index in [-0.39, 0.29) is 16.9 Å². The Bertz CT molecular complexity index is 611. The molecule has 0 fully saturated rings. The smallest absolute Gasteiger partial charge is 0.292 e. The monoisotopic (exact) mass is 277 g/mol. The number of nitrogens with one attached hydrogen (secondary N) is 1. The van der Waals surface area contributed by atoms with E-state index >= 15 is 0 Å². The van der Waals surface area contributed by atoms with Crippen molar-refractivity contribution < 1.29 is 9.72 Å². The van der Waals surface area contributed by atoms with Gasteiger partial charge in [0, 0.05) is 12.6 Å². The molecule has 0 aliphatic rings. The minimum atomic E-state index is -0.606. The molecule has 1 aromatic carbocycles. The molecule has 0 atom stereocenters. The summed E-state index contributed by atoms with van der Waals surface area (Å²) in [6, 6.07) is 6.06. The third-order valence-corrected chi connectivity index (χ3v) is 3.29. The highest BCUT2D eigenvalue weighted by Crippen LogP contribution is 2.24. The Morgan fingerprint density at radius 3 is 2.84 bits per heavy atom. The third kappa shape index (κ3) is 2.89. The molecule has 0 saturated carbocycles. The summed E-state index contributed by atoms with van der Waals surface area (Å²) in [4.78, 5) is 22.1. The number of hydrogen-bond donors (Lipinski definition) is 2. The average Bonchev–Trinajstić information content (AvgIpc) is 2.89. The number of anilines is 1. The van der Waals surface area contributed by atoms with Crippen LogP contribution in [0.25, 0.3) is 0 Å². The zero-order valence-corrected chi connectivity index (χ0v) is 10.6. The number of carbonyl (C=O) groups is 1. The number of nitro benzene ring substituents is 1. The van der Waals surface area contributed by atoms with Gasteiger partial charge in [0.2, 0.25) is 0 Å². The van der Waals surface area contributed by atoms with Crippen molar-refractivity contribution in [3.8, 4) is 0 Å². The van der Waals surface area contributed by atoms with Crippen molar-refractivity contribution in [2.24, 2.45) is 0 Å². The van der Waals surface area contributed by atoms with Crippen LogP contribution < -0.4 is 11.1 Å². The van der Waals surface area contributed by atoms with Crippen LogP contribution in [-0.4, -0.2) is 10.8 Å². The van der Waals surface area contributed by atoms with Crippen LogP contribution in [-0.2, 0) is 6.54 Å². The number of nitrogens with zero attached hydrogens (tertiary/aromatic N) is 1. The summed E-state index contributed by atoms with van der Waals surface area (Å²) >= 11 is 1.53. The highest BCUT2D eigenvalue weighted by molar-refractivity contribution is 7.07. The molecule has 6 nitrogen and oxygen atoms in total. The van der Waals surface area contributed by atoms with Gasteiger partial charge in [-0.1, -0.05) is 6.07 Å². The molecule has 0 saturated heterocycles. The molecule has 0 spiro atoms. The van der Waals surface area contributed by atoms with E-state index in [9.17, 15) is 14.9 Å². The van der Waals surface area contributed by atoms with Gasteiger partial charge in [0.25, 0.3) is 11.6 Å². The van der Waals surface area contributed by atoms with E-state index in [0.29, 0.717) is 6.54 Å². The summed E-state index contributed by atoms with van der Waals surface area (Å²) in [7, 11) is 0. The van der Waals surface area contributed by atoms with Crippen LogP contribution in [0.15, 0.2) is 35.0 Å². The normalized spacial score (nSPS) is 10.1. The highest BCUT2D eigenvalue weighted by Gasteiger charge is 2.18. The molecule has 2 aromatic rings. The summed E-state index contributed by atoms with van der Waals surface area (Å²) in [5.74, 6) is -0.424. The lowest BCUT2D eigenvalue weighted by molar-refractivity contribution is -0.383. The van der Waals surface area contributed by atoms with Gasteiger partial charge < -0.3 is 11.1 Å². The number of carbonyl (C=O) groups excluding carboxylic acids is 1. The van der Waals surface area contributed by atoms with E-state index in [1.165, 1.54) is 29.5 Å². The highest BCUT2D eigenvalue weighted by atomic mass is 32.1.